The highest BCUT2D eigenvalue weighted by atomic mass is 16.5. The fourth-order valence-electron chi connectivity index (χ4n) is 1.51. The highest BCUT2D eigenvalue weighted by molar-refractivity contribution is 5.83. The number of morpholine rings is 1. The minimum Gasteiger partial charge on any atom is -0.480 e. The van der Waals surface area contributed by atoms with Crippen molar-refractivity contribution in [3.05, 3.63) is 0 Å². The lowest BCUT2D eigenvalue weighted by atomic mass is 10.2. The molecule has 1 heterocycles. The van der Waals surface area contributed by atoms with Gasteiger partial charge < -0.3 is 20.1 Å². The number of nitrogens with zero attached hydrogens (tertiary/aromatic N) is 1. The molecule has 0 saturated carbocycles. The highest BCUT2D eigenvalue weighted by Gasteiger charge is 2.32. The zero-order valence-electron chi connectivity index (χ0n) is 9.73. The average Bonchev–Trinajstić information content (AvgIpc) is 2.34. The van der Waals surface area contributed by atoms with Gasteiger partial charge in [-0.15, -0.1) is 11.8 Å². The maximum absolute atomic E-state index is 11.7. The first-order chi connectivity index (χ1) is 8.16. The second-order valence-corrected chi connectivity index (χ2v) is 3.53. The van der Waals surface area contributed by atoms with Crippen LogP contribution >= 0.6 is 0 Å². The summed E-state index contributed by atoms with van der Waals surface area (Å²) in [5.74, 6) is 4.49. The predicted molar refractivity (Wildman–Crippen MR) is 60.4 cm³/mol. The monoisotopic (exact) mass is 240 g/mol. The number of aliphatic carboxylic acids is 1. The van der Waals surface area contributed by atoms with E-state index in [4.69, 9.17) is 9.84 Å². The third-order valence-electron chi connectivity index (χ3n) is 2.38. The quantitative estimate of drug-likeness (QED) is 0.533. The molecule has 1 aliphatic rings. The number of hydrogen-bond donors (Lipinski definition) is 2. The van der Waals surface area contributed by atoms with Gasteiger partial charge in [0.15, 0.2) is 6.04 Å². The Kier molecular flexibility index (Phi) is 5.30. The summed E-state index contributed by atoms with van der Waals surface area (Å²) in [7, 11) is 0. The summed E-state index contributed by atoms with van der Waals surface area (Å²) < 4.78 is 5.04. The summed E-state index contributed by atoms with van der Waals surface area (Å²) in [6.07, 6.45) is 0.560. The summed E-state index contributed by atoms with van der Waals surface area (Å²) in [6.45, 7) is 2.85. The highest BCUT2D eigenvalue weighted by Crippen LogP contribution is 2.07. The second-order valence-electron chi connectivity index (χ2n) is 3.53. The zero-order valence-corrected chi connectivity index (χ0v) is 9.73. The van der Waals surface area contributed by atoms with Crippen LogP contribution in [0.5, 0.6) is 0 Å². The lowest BCUT2D eigenvalue weighted by Gasteiger charge is -2.32. The standard InChI is InChI=1S/C11H16N2O4/c1-2-3-4-5-12-11(16)13-6-7-17-8-9(13)10(14)15/h9H,4-8H2,1H3,(H,12,16)(H,14,15). The van der Waals surface area contributed by atoms with E-state index in [9.17, 15) is 9.59 Å². The lowest BCUT2D eigenvalue weighted by Crippen LogP contribution is -2.55. The minimum atomic E-state index is -1.05. The summed E-state index contributed by atoms with van der Waals surface area (Å²) in [4.78, 5) is 23.9. The number of carboxylic acids is 1. The van der Waals surface area contributed by atoms with Crippen LogP contribution < -0.4 is 5.32 Å². The maximum Gasteiger partial charge on any atom is 0.328 e. The molecule has 1 saturated heterocycles. The van der Waals surface area contributed by atoms with E-state index in [1.165, 1.54) is 4.90 Å². The zero-order chi connectivity index (χ0) is 12.7. The van der Waals surface area contributed by atoms with Crippen LogP contribution in [-0.2, 0) is 9.53 Å². The van der Waals surface area contributed by atoms with E-state index in [0.29, 0.717) is 26.1 Å². The Morgan fingerprint density at radius 3 is 3.00 bits per heavy atom. The Bertz CT molecular complexity index is 345. The van der Waals surface area contributed by atoms with Crippen molar-refractivity contribution in [2.75, 3.05) is 26.3 Å². The molecule has 1 unspecified atom stereocenters. The van der Waals surface area contributed by atoms with Crippen LogP contribution in [0.25, 0.3) is 0 Å². The fraction of sp³-hybridized carbons (Fsp3) is 0.636. The van der Waals surface area contributed by atoms with Gasteiger partial charge in [-0.3, -0.25) is 0 Å². The molecule has 1 fully saturated rings. The first kappa shape index (κ1) is 13.3. The van der Waals surface area contributed by atoms with E-state index in [1.54, 1.807) is 6.92 Å². The summed E-state index contributed by atoms with van der Waals surface area (Å²) in [5.41, 5.74) is 0. The van der Waals surface area contributed by atoms with Crippen LogP contribution in [0.3, 0.4) is 0 Å². The van der Waals surface area contributed by atoms with Gasteiger partial charge in [0.1, 0.15) is 0 Å². The van der Waals surface area contributed by atoms with Crippen molar-refractivity contribution in [2.24, 2.45) is 0 Å². The van der Waals surface area contributed by atoms with E-state index in [0.717, 1.165) is 0 Å². The third kappa shape index (κ3) is 3.96. The van der Waals surface area contributed by atoms with E-state index >= 15 is 0 Å². The number of carbonyl (C=O) groups excluding carboxylic acids is 1. The molecule has 0 aromatic carbocycles. The van der Waals surface area contributed by atoms with E-state index in [-0.39, 0.29) is 12.6 Å². The Balaban J connectivity index is 2.46. The van der Waals surface area contributed by atoms with Crippen LogP contribution in [0, 0.1) is 11.8 Å². The smallest absolute Gasteiger partial charge is 0.328 e. The molecule has 1 aliphatic heterocycles. The van der Waals surface area contributed by atoms with E-state index in [2.05, 4.69) is 17.2 Å². The fourth-order valence-corrected chi connectivity index (χ4v) is 1.51. The maximum atomic E-state index is 11.7. The number of nitrogens with one attached hydrogen (secondary N) is 1. The average molecular weight is 240 g/mol. The topological polar surface area (TPSA) is 78.9 Å². The van der Waals surface area contributed by atoms with Crippen molar-refractivity contribution in [3.63, 3.8) is 0 Å². The van der Waals surface area contributed by atoms with Crippen LogP contribution in [0.2, 0.25) is 0 Å². The molecule has 0 aromatic rings. The van der Waals surface area contributed by atoms with Crippen LogP contribution in [0.1, 0.15) is 13.3 Å². The number of carbonyl (C=O) groups is 2. The molecule has 94 valence electrons. The van der Waals surface area contributed by atoms with Crippen molar-refractivity contribution in [1.29, 1.82) is 0 Å². The van der Waals surface area contributed by atoms with Gasteiger partial charge in [-0.05, 0) is 6.92 Å². The molecular formula is C11H16N2O4. The molecule has 2 N–H and O–H groups in total. The molecule has 1 atom stereocenters. The van der Waals surface area contributed by atoms with Crippen molar-refractivity contribution >= 4 is 12.0 Å². The predicted octanol–water partition coefficient (Wildman–Crippen LogP) is -0.105. The van der Waals surface area contributed by atoms with E-state index in [1.807, 2.05) is 0 Å². The molecular weight excluding hydrogens is 224 g/mol. The molecule has 0 bridgehead atoms. The molecule has 0 radical (unpaired) electrons. The molecule has 6 heteroatoms. The molecule has 2 amide bonds. The number of ether oxygens (including phenoxy) is 1. The molecule has 0 aliphatic carbocycles. The Hall–Kier alpha value is -1.74. The summed E-state index contributed by atoms with van der Waals surface area (Å²) in [5, 5.41) is 11.6. The number of hydrogen-bond acceptors (Lipinski definition) is 3. The number of urea groups is 1. The summed E-state index contributed by atoms with van der Waals surface area (Å²) >= 11 is 0. The summed E-state index contributed by atoms with van der Waals surface area (Å²) in [6, 6.07) is -1.28. The van der Waals surface area contributed by atoms with Crippen molar-refractivity contribution in [2.45, 2.75) is 19.4 Å². The lowest BCUT2D eigenvalue weighted by molar-refractivity contribution is -0.147. The van der Waals surface area contributed by atoms with E-state index < -0.39 is 12.0 Å². The first-order valence-corrected chi connectivity index (χ1v) is 5.41. The number of amides is 2. The van der Waals surface area contributed by atoms with Crippen LogP contribution in [0.4, 0.5) is 4.79 Å². The van der Waals surface area contributed by atoms with Crippen LogP contribution in [0.15, 0.2) is 0 Å². The van der Waals surface area contributed by atoms with Crippen molar-refractivity contribution in [1.82, 2.24) is 10.2 Å². The Labute approximate surface area is 99.9 Å². The third-order valence-corrected chi connectivity index (χ3v) is 2.38. The largest absolute Gasteiger partial charge is 0.480 e. The normalized spacial score (nSPS) is 19.1. The molecule has 6 nitrogen and oxygen atoms in total. The van der Waals surface area contributed by atoms with Gasteiger partial charge in [0.25, 0.3) is 0 Å². The second kappa shape index (κ2) is 6.76. The van der Waals surface area contributed by atoms with Crippen molar-refractivity contribution in [3.8, 4) is 11.8 Å². The minimum absolute atomic E-state index is 0.0392. The molecule has 17 heavy (non-hydrogen) atoms. The molecule has 0 aromatic heterocycles. The van der Waals surface area contributed by atoms with Gasteiger partial charge in [-0.2, -0.15) is 0 Å². The number of rotatable bonds is 3. The van der Waals surface area contributed by atoms with Gasteiger partial charge >= 0.3 is 12.0 Å². The van der Waals surface area contributed by atoms with Crippen molar-refractivity contribution < 1.29 is 19.4 Å². The Morgan fingerprint density at radius 1 is 1.59 bits per heavy atom. The molecule has 0 spiro atoms. The Morgan fingerprint density at radius 2 is 2.35 bits per heavy atom. The molecule has 1 rings (SSSR count). The first-order valence-electron chi connectivity index (χ1n) is 5.41. The number of carboxylic acid groups (broad SMARTS) is 1. The van der Waals surface area contributed by atoms with Gasteiger partial charge in [0.05, 0.1) is 13.2 Å². The van der Waals surface area contributed by atoms with Crippen LogP contribution in [-0.4, -0.2) is 54.4 Å². The van der Waals surface area contributed by atoms with Gasteiger partial charge in [0, 0.05) is 19.5 Å². The van der Waals surface area contributed by atoms with Gasteiger partial charge in [0.2, 0.25) is 0 Å². The SMILES string of the molecule is CC#CCCNC(=O)N1CCOCC1C(=O)O. The van der Waals surface area contributed by atoms with Gasteiger partial charge in [-0.1, -0.05) is 0 Å². The van der Waals surface area contributed by atoms with Gasteiger partial charge in [-0.25, -0.2) is 9.59 Å².